The van der Waals surface area contributed by atoms with Gasteiger partial charge in [0.15, 0.2) is 0 Å². The molecule has 0 aromatic carbocycles. The molecule has 0 rings (SSSR count). The molecule has 0 aliphatic heterocycles. The van der Waals surface area contributed by atoms with Crippen molar-refractivity contribution in [2.75, 3.05) is 6.54 Å². The Morgan fingerprint density at radius 3 is 2.00 bits per heavy atom. The third kappa shape index (κ3) is 5.24. The standard InChI is InChI=1S/C10H17F3N2O3/c1-6(7(16)14-5-10(11,12)13)15(8(17)18)9(2,3)4/h6H,5H2,1-4H3,(H,14,16)(H,17,18)/t6-/m0/s1. The Labute approximate surface area is 103 Å². The van der Waals surface area contributed by atoms with Gasteiger partial charge in [-0.2, -0.15) is 13.2 Å². The van der Waals surface area contributed by atoms with Crippen LogP contribution in [0.2, 0.25) is 0 Å². The van der Waals surface area contributed by atoms with Gasteiger partial charge in [0.25, 0.3) is 0 Å². The number of amides is 2. The highest BCUT2D eigenvalue weighted by Crippen LogP contribution is 2.18. The molecular formula is C10H17F3N2O3. The Kier molecular flexibility index (Phi) is 5.00. The number of hydrogen-bond acceptors (Lipinski definition) is 2. The fourth-order valence-corrected chi connectivity index (χ4v) is 1.49. The highest BCUT2D eigenvalue weighted by Gasteiger charge is 2.36. The molecule has 106 valence electrons. The number of hydrogen-bond donors (Lipinski definition) is 2. The fourth-order valence-electron chi connectivity index (χ4n) is 1.49. The molecule has 0 bridgehead atoms. The zero-order valence-electron chi connectivity index (χ0n) is 10.6. The predicted octanol–water partition coefficient (Wildman–Crippen LogP) is 1.83. The van der Waals surface area contributed by atoms with Crippen LogP contribution in [-0.2, 0) is 4.79 Å². The van der Waals surface area contributed by atoms with E-state index >= 15 is 0 Å². The molecule has 2 N–H and O–H groups in total. The molecule has 0 saturated heterocycles. The van der Waals surface area contributed by atoms with Crippen molar-refractivity contribution in [1.29, 1.82) is 0 Å². The van der Waals surface area contributed by atoms with Gasteiger partial charge >= 0.3 is 12.3 Å². The van der Waals surface area contributed by atoms with Gasteiger partial charge in [0.05, 0.1) is 0 Å². The second-order valence-corrected chi connectivity index (χ2v) is 4.83. The van der Waals surface area contributed by atoms with Crippen molar-refractivity contribution in [3.8, 4) is 0 Å². The Bertz CT molecular complexity index is 323. The third-order valence-corrected chi connectivity index (χ3v) is 2.16. The first-order valence-corrected chi connectivity index (χ1v) is 5.23. The Morgan fingerprint density at radius 1 is 1.28 bits per heavy atom. The van der Waals surface area contributed by atoms with Crippen LogP contribution in [0.1, 0.15) is 27.7 Å². The second kappa shape index (κ2) is 5.45. The quantitative estimate of drug-likeness (QED) is 0.822. The van der Waals surface area contributed by atoms with E-state index in [4.69, 9.17) is 5.11 Å². The molecule has 0 spiro atoms. The molecule has 0 unspecified atom stereocenters. The minimum Gasteiger partial charge on any atom is -0.465 e. The molecule has 0 aromatic rings. The lowest BCUT2D eigenvalue weighted by Gasteiger charge is -2.37. The molecule has 0 heterocycles. The molecule has 5 nitrogen and oxygen atoms in total. The Hall–Kier alpha value is -1.47. The Balaban J connectivity index is 4.75. The predicted molar refractivity (Wildman–Crippen MR) is 58.1 cm³/mol. The first-order valence-electron chi connectivity index (χ1n) is 5.23. The largest absolute Gasteiger partial charge is 0.465 e. The summed E-state index contributed by atoms with van der Waals surface area (Å²) >= 11 is 0. The maximum Gasteiger partial charge on any atom is 0.408 e. The zero-order chi connectivity index (χ0) is 14.7. The summed E-state index contributed by atoms with van der Waals surface area (Å²) in [6, 6.07) is -1.20. The van der Waals surface area contributed by atoms with E-state index in [1.54, 1.807) is 26.1 Å². The van der Waals surface area contributed by atoms with Gasteiger partial charge in [0.1, 0.15) is 12.6 Å². The molecule has 0 aromatic heterocycles. The minimum atomic E-state index is -4.52. The normalized spacial score (nSPS) is 13.9. The van der Waals surface area contributed by atoms with Crippen LogP contribution in [0.4, 0.5) is 18.0 Å². The van der Waals surface area contributed by atoms with E-state index in [9.17, 15) is 22.8 Å². The molecule has 1 atom stereocenters. The van der Waals surface area contributed by atoms with Gasteiger partial charge in [-0.25, -0.2) is 4.79 Å². The summed E-state index contributed by atoms with van der Waals surface area (Å²) in [6.45, 7) is 4.41. The summed E-state index contributed by atoms with van der Waals surface area (Å²) in [5.41, 5.74) is -0.888. The lowest BCUT2D eigenvalue weighted by Crippen LogP contribution is -2.56. The molecule has 0 radical (unpaired) electrons. The van der Waals surface area contributed by atoms with E-state index in [0.717, 1.165) is 4.90 Å². The van der Waals surface area contributed by atoms with E-state index in [1.807, 2.05) is 0 Å². The number of alkyl halides is 3. The lowest BCUT2D eigenvalue weighted by molar-refractivity contribution is -0.141. The van der Waals surface area contributed by atoms with E-state index in [-0.39, 0.29) is 0 Å². The van der Waals surface area contributed by atoms with E-state index in [2.05, 4.69) is 0 Å². The van der Waals surface area contributed by atoms with Crippen molar-refractivity contribution in [1.82, 2.24) is 10.2 Å². The van der Waals surface area contributed by atoms with E-state index < -0.39 is 36.3 Å². The molecule has 0 fully saturated rings. The van der Waals surface area contributed by atoms with Gasteiger partial charge in [-0.1, -0.05) is 0 Å². The molecule has 0 aliphatic rings. The average Bonchev–Trinajstić information content (AvgIpc) is 2.09. The highest BCUT2D eigenvalue weighted by atomic mass is 19.4. The van der Waals surface area contributed by atoms with Gasteiger partial charge in [-0.05, 0) is 27.7 Å². The molecule has 0 aliphatic carbocycles. The van der Waals surface area contributed by atoms with Gasteiger partial charge in [0.2, 0.25) is 5.91 Å². The third-order valence-electron chi connectivity index (χ3n) is 2.16. The summed E-state index contributed by atoms with van der Waals surface area (Å²) < 4.78 is 35.8. The van der Waals surface area contributed by atoms with Crippen LogP contribution in [0.15, 0.2) is 0 Å². The van der Waals surface area contributed by atoms with Crippen LogP contribution in [0.5, 0.6) is 0 Å². The molecule has 0 saturated carbocycles. The fraction of sp³-hybridized carbons (Fsp3) is 0.800. The number of rotatable bonds is 3. The van der Waals surface area contributed by atoms with Gasteiger partial charge < -0.3 is 10.4 Å². The summed E-state index contributed by atoms with van der Waals surface area (Å²) in [7, 11) is 0. The maximum absolute atomic E-state index is 11.9. The number of nitrogens with one attached hydrogen (secondary N) is 1. The zero-order valence-corrected chi connectivity index (χ0v) is 10.6. The van der Waals surface area contributed by atoms with Gasteiger partial charge in [-0.15, -0.1) is 0 Å². The van der Waals surface area contributed by atoms with Crippen LogP contribution in [-0.4, -0.2) is 46.3 Å². The minimum absolute atomic E-state index is 0.804. The van der Waals surface area contributed by atoms with Crippen LogP contribution < -0.4 is 5.32 Å². The summed E-state index contributed by atoms with van der Waals surface area (Å²) in [5, 5.41) is 10.6. The SMILES string of the molecule is C[C@@H](C(=O)NCC(F)(F)F)N(C(=O)O)C(C)(C)C. The van der Waals surface area contributed by atoms with Crippen molar-refractivity contribution >= 4 is 12.0 Å². The maximum atomic E-state index is 11.9. The number of carbonyl (C=O) groups is 2. The highest BCUT2D eigenvalue weighted by molar-refractivity contribution is 5.85. The molecule has 8 heteroatoms. The summed E-state index contributed by atoms with van der Waals surface area (Å²) in [6.07, 6.45) is -5.89. The first kappa shape index (κ1) is 16.5. The van der Waals surface area contributed by atoms with Crippen molar-refractivity contribution in [2.24, 2.45) is 0 Å². The van der Waals surface area contributed by atoms with Gasteiger partial charge in [-0.3, -0.25) is 9.69 Å². The first-order chi connectivity index (χ1) is 7.86. The number of nitrogens with zero attached hydrogens (tertiary/aromatic N) is 1. The van der Waals surface area contributed by atoms with Crippen LogP contribution in [0.3, 0.4) is 0 Å². The van der Waals surface area contributed by atoms with Crippen molar-refractivity contribution in [2.45, 2.75) is 45.5 Å². The van der Waals surface area contributed by atoms with Crippen LogP contribution in [0.25, 0.3) is 0 Å². The van der Waals surface area contributed by atoms with E-state index in [0.29, 0.717) is 0 Å². The van der Waals surface area contributed by atoms with Gasteiger partial charge in [0, 0.05) is 5.54 Å². The number of carboxylic acid groups (broad SMARTS) is 1. The number of carbonyl (C=O) groups excluding carboxylic acids is 1. The molecule has 18 heavy (non-hydrogen) atoms. The van der Waals surface area contributed by atoms with Crippen molar-refractivity contribution in [3.63, 3.8) is 0 Å². The molecular weight excluding hydrogens is 253 g/mol. The lowest BCUT2D eigenvalue weighted by atomic mass is 10.0. The monoisotopic (exact) mass is 270 g/mol. The average molecular weight is 270 g/mol. The van der Waals surface area contributed by atoms with Crippen molar-refractivity contribution < 1.29 is 27.9 Å². The van der Waals surface area contributed by atoms with Crippen molar-refractivity contribution in [3.05, 3.63) is 0 Å². The van der Waals surface area contributed by atoms with E-state index in [1.165, 1.54) is 6.92 Å². The summed E-state index contributed by atoms with van der Waals surface area (Å²) in [4.78, 5) is 23.3. The van der Waals surface area contributed by atoms with Crippen LogP contribution in [0, 0.1) is 0 Å². The summed E-state index contributed by atoms with van der Waals surface area (Å²) in [5.74, 6) is -0.982. The number of halogens is 3. The smallest absolute Gasteiger partial charge is 0.408 e. The Morgan fingerprint density at radius 2 is 1.72 bits per heavy atom. The molecule has 2 amide bonds. The van der Waals surface area contributed by atoms with Crippen LogP contribution >= 0.6 is 0 Å². The topological polar surface area (TPSA) is 69.6 Å². The second-order valence-electron chi connectivity index (χ2n) is 4.83.